The first-order valence-electron chi connectivity index (χ1n) is 7.07. The van der Waals surface area contributed by atoms with Crippen LogP contribution in [-0.2, 0) is 0 Å². The van der Waals surface area contributed by atoms with Gasteiger partial charge >= 0.3 is 0 Å². The largest absolute Gasteiger partial charge is 0.313 e. The van der Waals surface area contributed by atoms with E-state index in [0.717, 1.165) is 19.5 Å². The van der Waals surface area contributed by atoms with Crippen molar-refractivity contribution in [3.8, 4) is 0 Å². The molecule has 0 radical (unpaired) electrons. The molecule has 0 aromatic heterocycles. The minimum absolute atomic E-state index is 0.985. The van der Waals surface area contributed by atoms with E-state index in [-0.39, 0.29) is 0 Å². The van der Waals surface area contributed by atoms with E-state index in [1.165, 1.54) is 26.5 Å². The second-order valence-corrected chi connectivity index (χ2v) is 6.13. The molecule has 0 spiro atoms. The molecule has 1 N–H and O–H groups in total. The van der Waals surface area contributed by atoms with E-state index in [1.807, 2.05) is 11.8 Å². The van der Waals surface area contributed by atoms with Crippen LogP contribution >= 0.6 is 11.8 Å². The molecule has 0 saturated carbocycles. The Hall–Kier alpha value is -1.51. The Bertz CT molecular complexity index is 631. The summed E-state index contributed by atoms with van der Waals surface area (Å²) in [5, 5.41) is 3.38. The number of benzene rings is 2. The Morgan fingerprint density at radius 1 is 0.950 bits per heavy atom. The van der Waals surface area contributed by atoms with E-state index in [4.69, 9.17) is 0 Å². The lowest BCUT2D eigenvalue weighted by Gasteiger charge is -2.17. The molecule has 0 bridgehead atoms. The highest BCUT2D eigenvalue weighted by molar-refractivity contribution is 7.99. The molecular weight excluding hydrogens is 262 g/mol. The van der Waals surface area contributed by atoms with Gasteiger partial charge in [-0.2, -0.15) is 0 Å². The molecule has 3 rings (SSSR count). The molecular formula is C18H19NS. The maximum atomic E-state index is 3.38. The topological polar surface area (TPSA) is 12.0 Å². The zero-order valence-electron chi connectivity index (χ0n) is 11.7. The third-order valence-corrected chi connectivity index (χ3v) is 4.86. The lowest BCUT2D eigenvalue weighted by Crippen LogP contribution is -2.20. The van der Waals surface area contributed by atoms with Crippen LogP contribution in [0.4, 0.5) is 0 Å². The highest BCUT2D eigenvalue weighted by Crippen LogP contribution is 2.36. The van der Waals surface area contributed by atoms with Gasteiger partial charge in [0, 0.05) is 16.3 Å². The number of nitrogens with one attached hydrogen (secondary N) is 1. The quantitative estimate of drug-likeness (QED) is 0.887. The monoisotopic (exact) mass is 281 g/mol. The van der Waals surface area contributed by atoms with E-state index in [0.29, 0.717) is 0 Å². The van der Waals surface area contributed by atoms with Crippen molar-refractivity contribution in [3.63, 3.8) is 0 Å². The van der Waals surface area contributed by atoms with E-state index < -0.39 is 0 Å². The highest BCUT2D eigenvalue weighted by atomic mass is 32.2. The van der Waals surface area contributed by atoms with Crippen molar-refractivity contribution >= 4 is 17.3 Å². The van der Waals surface area contributed by atoms with Gasteiger partial charge in [-0.25, -0.2) is 0 Å². The molecule has 0 unspecified atom stereocenters. The molecule has 2 aromatic carbocycles. The van der Waals surface area contributed by atoms with Gasteiger partial charge in [-0.15, -0.1) is 0 Å². The maximum absolute atomic E-state index is 3.38. The minimum atomic E-state index is 0.985. The number of rotatable bonds is 3. The Morgan fingerprint density at radius 2 is 1.70 bits per heavy atom. The first-order valence-corrected chi connectivity index (χ1v) is 7.89. The Morgan fingerprint density at radius 3 is 2.45 bits per heavy atom. The first kappa shape index (κ1) is 13.5. The van der Waals surface area contributed by atoms with E-state index in [2.05, 4.69) is 66.8 Å². The smallest absolute Gasteiger partial charge is 0.0197 e. The maximum Gasteiger partial charge on any atom is 0.0197 e. The molecule has 1 aliphatic heterocycles. The predicted octanol–water partition coefficient (Wildman–Crippen LogP) is 4.52. The standard InChI is InChI=1S/C18H19NS/c1-14-6-2-4-8-17(14)20-18-9-5-3-7-16(18)15-10-12-19-13-11-15/h2-10,19H,11-13H2,1H3. The molecule has 1 nitrogen and oxygen atoms in total. The Labute approximate surface area is 125 Å². The summed E-state index contributed by atoms with van der Waals surface area (Å²) in [5.74, 6) is 0. The van der Waals surface area contributed by atoms with Crippen LogP contribution in [0.15, 0.2) is 64.4 Å². The van der Waals surface area contributed by atoms with Crippen LogP contribution in [0, 0.1) is 6.92 Å². The summed E-state index contributed by atoms with van der Waals surface area (Å²) < 4.78 is 0. The first-order chi connectivity index (χ1) is 9.84. The van der Waals surface area contributed by atoms with Crippen molar-refractivity contribution in [2.75, 3.05) is 13.1 Å². The van der Waals surface area contributed by atoms with Crippen molar-refractivity contribution in [1.82, 2.24) is 5.32 Å². The van der Waals surface area contributed by atoms with Crippen molar-refractivity contribution in [2.24, 2.45) is 0 Å². The van der Waals surface area contributed by atoms with Gasteiger partial charge in [-0.3, -0.25) is 0 Å². The average Bonchev–Trinajstić information content (AvgIpc) is 2.51. The summed E-state index contributed by atoms with van der Waals surface area (Å²) in [4.78, 5) is 2.70. The summed E-state index contributed by atoms with van der Waals surface area (Å²) in [5.41, 5.74) is 4.20. The second kappa shape index (κ2) is 6.29. The average molecular weight is 281 g/mol. The molecule has 2 heteroatoms. The normalized spacial score (nSPS) is 14.9. The van der Waals surface area contributed by atoms with E-state index in [1.54, 1.807) is 0 Å². The van der Waals surface area contributed by atoms with Crippen molar-refractivity contribution < 1.29 is 0 Å². The molecule has 0 atom stereocenters. The van der Waals surface area contributed by atoms with Crippen LogP contribution in [0.1, 0.15) is 17.5 Å². The predicted molar refractivity (Wildman–Crippen MR) is 87.2 cm³/mol. The van der Waals surface area contributed by atoms with Gasteiger partial charge in [-0.1, -0.05) is 54.2 Å². The third-order valence-electron chi connectivity index (χ3n) is 3.61. The fraction of sp³-hybridized carbons (Fsp3) is 0.222. The van der Waals surface area contributed by atoms with Gasteiger partial charge in [0.05, 0.1) is 0 Å². The number of aryl methyl sites for hydroxylation is 1. The molecule has 0 fully saturated rings. The second-order valence-electron chi connectivity index (χ2n) is 5.05. The molecule has 0 amide bonds. The van der Waals surface area contributed by atoms with Crippen molar-refractivity contribution in [2.45, 2.75) is 23.1 Å². The minimum Gasteiger partial charge on any atom is -0.313 e. The van der Waals surface area contributed by atoms with Crippen LogP contribution in [-0.4, -0.2) is 13.1 Å². The molecule has 20 heavy (non-hydrogen) atoms. The fourth-order valence-corrected chi connectivity index (χ4v) is 3.55. The van der Waals surface area contributed by atoms with Crippen LogP contribution in [0.25, 0.3) is 5.57 Å². The van der Waals surface area contributed by atoms with Gasteiger partial charge in [0.25, 0.3) is 0 Å². The summed E-state index contributed by atoms with van der Waals surface area (Å²) >= 11 is 1.87. The Balaban J connectivity index is 1.94. The summed E-state index contributed by atoms with van der Waals surface area (Å²) in [6.45, 7) is 4.24. The van der Waals surface area contributed by atoms with Crippen molar-refractivity contribution in [1.29, 1.82) is 0 Å². The van der Waals surface area contributed by atoms with Crippen LogP contribution in [0.2, 0.25) is 0 Å². The number of hydrogen-bond donors (Lipinski definition) is 1. The van der Waals surface area contributed by atoms with E-state index in [9.17, 15) is 0 Å². The molecule has 1 heterocycles. The lowest BCUT2D eigenvalue weighted by molar-refractivity contribution is 0.737. The third kappa shape index (κ3) is 2.97. The van der Waals surface area contributed by atoms with Gasteiger partial charge in [-0.05, 0) is 48.7 Å². The summed E-state index contributed by atoms with van der Waals surface area (Å²) in [6.07, 6.45) is 3.44. The van der Waals surface area contributed by atoms with Crippen LogP contribution in [0.5, 0.6) is 0 Å². The SMILES string of the molecule is Cc1ccccc1Sc1ccccc1C1=CCNCC1. The molecule has 2 aromatic rings. The van der Waals surface area contributed by atoms with Gasteiger partial charge in [0.1, 0.15) is 0 Å². The van der Waals surface area contributed by atoms with Crippen LogP contribution < -0.4 is 5.32 Å². The van der Waals surface area contributed by atoms with Gasteiger partial charge < -0.3 is 5.32 Å². The Kier molecular flexibility index (Phi) is 4.24. The zero-order valence-corrected chi connectivity index (χ0v) is 12.5. The van der Waals surface area contributed by atoms with Gasteiger partial charge in [0.15, 0.2) is 0 Å². The van der Waals surface area contributed by atoms with Gasteiger partial charge in [0.2, 0.25) is 0 Å². The summed E-state index contributed by atoms with van der Waals surface area (Å²) in [6, 6.07) is 17.3. The molecule has 102 valence electrons. The molecule has 0 aliphatic carbocycles. The lowest BCUT2D eigenvalue weighted by atomic mass is 10.0. The van der Waals surface area contributed by atoms with E-state index >= 15 is 0 Å². The number of hydrogen-bond acceptors (Lipinski definition) is 2. The molecule has 1 aliphatic rings. The summed E-state index contributed by atoms with van der Waals surface area (Å²) in [7, 11) is 0. The molecule has 0 saturated heterocycles. The zero-order chi connectivity index (χ0) is 13.8. The fourth-order valence-electron chi connectivity index (χ4n) is 2.48. The van der Waals surface area contributed by atoms with Crippen molar-refractivity contribution in [3.05, 3.63) is 65.7 Å². The highest BCUT2D eigenvalue weighted by Gasteiger charge is 2.11. The van der Waals surface area contributed by atoms with Crippen LogP contribution in [0.3, 0.4) is 0 Å².